The van der Waals surface area contributed by atoms with E-state index in [2.05, 4.69) is 33.4 Å². The standard InChI is InChI=1S/C15H17N5/c1-11(8-13-4-3-6-16-10-13)19-15-9-12(2)18-14-5-7-17-20(14)15/h3-7,9-11,19H,8H2,1-2H3/t11-/m0/s1. The van der Waals surface area contributed by atoms with Crippen LogP contribution in [0.1, 0.15) is 18.2 Å². The fourth-order valence-electron chi connectivity index (χ4n) is 2.32. The molecule has 0 radical (unpaired) electrons. The maximum atomic E-state index is 4.44. The van der Waals surface area contributed by atoms with Crippen LogP contribution < -0.4 is 5.32 Å². The quantitative estimate of drug-likeness (QED) is 0.789. The minimum Gasteiger partial charge on any atom is -0.367 e. The van der Waals surface area contributed by atoms with Crippen LogP contribution in [-0.4, -0.2) is 25.6 Å². The molecule has 0 bridgehead atoms. The topological polar surface area (TPSA) is 55.1 Å². The van der Waals surface area contributed by atoms with Gasteiger partial charge in [0, 0.05) is 36.3 Å². The second-order valence-electron chi connectivity index (χ2n) is 4.99. The summed E-state index contributed by atoms with van der Waals surface area (Å²) in [5.41, 5.74) is 3.06. The Kier molecular flexibility index (Phi) is 3.33. The van der Waals surface area contributed by atoms with E-state index in [0.29, 0.717) is 0 Å². The lowest BCUT2D eigenvalue weighted by atomic mass is 10.1. The van der Waals surface area contributed by atoms with Gasteiger partial charge in [-0.05, 0) is 31.9 Å². The van der Waals surface area contributed by atoms with E-state index in [-0.39, 0.29) is 6.04 Å². The Morgan fingerprint density at radius 1 is 1.30 bits per heavy atom. The van der Waals surface area contributed by atoms with Gasteiger partial charge in [-0.3, -0.25) is 4.98 Å². The van der Waals surface area contributed by atoms with Gasteiger partial charge in [0.1, 0.15) is 5.82 Å². The van der Waals surface area contributed by atoms with Gasteiger partial charge in [-0.15, -0.1) is 0 Å². The van der Waals surface area contributed by atoms with E-state index in [1.54, 1.807) is 12.4 Å². The summed E-state index contributed by atoms with van der Waals surface area (Å²) in [5, 5.41) is 7.79. The van der Waals surface area contributed by atoms with Crippen LogP contribution in [0.15, 0.2) is 42.9 Å². The highest BCUT2D eigenvalue weighted by atomic mass is 15.3. The average Bonchev–Trinajstić information content (AvgIpc) is 2.88. The van der Waals surface area contributed by atoms with Gasteiger partial charge < -0.3 is 5.32 Å². The summed E-state index contributed by atoms with van der Waals surface area (Å²) >= 11 is 0. The summed E-state index contributed by atoms with van der Waals surface area (Å²) in [7, 11) is 0. The second kappa shape index (κ2) is 5.28. The minimum absolute atomic E-state index is 0.286. The van der Waals surface area contributed by atoms with E-state index in [4.69, 9.17) is 0 Å². The lowest BCUT2D eigenvalue weighted by Gasteiger charge is -2.16. The molecule has 1 atom stereocenters. The van der Waals surface area contributed by atoms with E-state index >= 15 is 0 Å². The SMILES string of the molecule is Cc1cc(N[C@@H](C)Cc2cccnc2)n2nccc2n1. The number of nitrogens with zero attached hydrogens (tertiary/aromatic N) is 4. The van der Waals surface area contributed by atoms with Crippen LogP contribution in [0.3, 0.4) is 0 Å². The van der Waals surface area contributed by atoms with Gasteiger partial charge in [-0.2, -0.15) is 9.61 Å². The number of aryl methyl sites for hydroxylation is 1. The first kappa shape index (κ1) is 12.6. The Morgan fingerprint density at radius 2 is 2.20 bits per heavy atom. The first-order valence-electron chi connectivity index (χ1n) is 6.69. The molecule has 3 heterocycles. The van der Waals surface area contributed by atoms with Gasteiger partial charge in [0.15, 0.2) is 5.65 Å². The van der Waals surface area contributed by atoms with Gasteiger partial charge >= 0.3 is 0 Å². The number of hydrogen-bond acceptors (Lipinski definition) is 4. The van der Waals surface area contributed by atoms with Crippen molar-refractivity contribution < 1.29 is 0 Å². The summed E-state index contributed by atoms with van der Waals surface area (Å²) in [5.74, 6) is 0.967. The van der Waals surface area contributed by atoms with Crippen LogP contribution in [0.2, 0.25) is 0 Å². The molecule has 0 aromatic carbocycles. The van der Waals surface area contributed by atoms with E-state index in [0.717, 1.165) is 23.6 Å². The Hall–Kier alpha value is -2.43. The molecule has 0 aliphatic rings. The third-order valence-corrected chi connectivity index (χ3v) is 3.15. The molecule has 0 amide bonds. The smallest absolute Gasteiger partial charge is 0.157 e. The molecular formula is C15H17N5. The van der Waals surface area contributed by atoms with Gasteiger partial charge in [-0.1, -0.05) is 6.07 Å². The summed E-state index contributed by atoms with van der Waals surface area (Å²) in [6.45, 7) is 4.14. The number of anilines is 1. The van der Waals surface area contributed by atoms with Crippen LogP contribution in [0.25, 0.3) is 5.65 Å². The Bertz CT molecular complexity index is 705. The lowest BCUT2D eigenvalue weighted by Crippen LogP contribution is -2.20. The normalized spacial score (nSPS) is 12.5. The van der Waals surface area contributed by atoms with E-state index in [9.17, 15) is 0 Å². The molecule has 3 aromatic rings. The van der Waals surface area contributed by atoms with Crippen molar-refractivity contribution in [3.05, 3.63) is 54.1 Å². The molecule has 5 heteroatoms. The molecule has 0 fully saturated rings. The highest BCUT2D eigenvalue weighted by molar-refractivity contribution is 5.49. The van der Waals surface area contributed by atoms with Crippen LogP contribution in [0.5, 0.6) is 0 Å². The first-order valence-corrected chi connectivity index (χ1v) is 6.69. The molecule has 3 aromatic heterocycles. The first-order chi connectivity index (χ1) is 9.72. The molecule has 5 nitrogen and oxygen atoms in total. The molecule has 0 saturated heterocycles. The van der Waals surface area contributed by atoms with Gasteiger partial charge in [-0.25, -0.2) is 4.98 Å². The molecule has 0 aliphatic heterocycles. The number of pyridine rings is 1. The maximum absolute atomic E-state index is 4.44. The molecule has 0 unspecified atom stereocenters. The molecule has 0 aliphatic carbocycles. The van der Waals surface area contributed by atoms with Crippen molar-refractivity contribution in [2.24, 2.45) is 0 Å². The molecule has 0 spiro atoms. The third-order valence-electron chi connectivity index (χ3n) is 3.15. The highest BCUT2D eigenvalue weighted by Crippen LogP contribution is 2.14. The largest absolute Gasteiger partial charge is 0.367 e. The Morgan fingerprint density at radius 3 is 3.00 bits per heavy atom. The second-order valence-corrected chi connectivity index (χ2v) is 4.99. The fourth-order valence-corrected chi connectivity index (χ4v) is 2.32. The van der Waals surface area contributed by atoms with Crippen molar-refractivity contribution in [2.75, 3.05) is 5.32 Å². The monoisotopic (exact) mass is 267 g/mol. The van der Waals surface area contributed by atoms with Gasteiger partial charge in [0.05, 0.1) is 6.20 Å². The van der Waals surface area contributed by atoms with Gasteiger partial charge in [0.2, 0.25) is 0 Å². The van der Waals surface area contributed by atoms with Crippen molar-refractivity contribution in [1.29, 1.82) is 0 Å². The lowest BCUT2D eigenvalue weighted by molar-refractivity contribution is 0.768. The molecular weight excluding hydrogens is 250 g/mol. The molecule has 3 rings (SSSR count). The fraction of sp³-hybridized carbons (Fsp3) is 0.267. The number of fused-ring (bicyclic) bond motifs is 1. The highest BCUT2D eigenvalue weighted by Gasteiger charge is 2.08. The van der Waals surface area contributed by atoms with Crippen molar-refractivity contribution in [2.45, 2.75) is 26.3 Å². The third kappa shape index (κ3) is 2.61. The Balaban J connectivity index is 1.80. The van der Waals surface area contributed by atoms with Crippen LogP contribution in [0, 0.1) is 6.92 Å². The zero-order valence-electron chi connectivity index (χ0n) is 11.6. The van der Waals surface area contributed by atoms with Crippen molar-refractivity contribution in [3.8, 4) is 0 Å². The number of rotatable bonds is 4. The molecule has 102 valence electrons. The predicted molar refractivity (Wildman–Crippen MR) is 78.7 cm³/mol. The van der Waals surface area contributed by atoms with E-state index in [1.807, 2.05) is 35.8 Å². The molecule has 20 heavy (non-hydrogen) atoms. The number of aromatic nitrogens is 4. The zero-order valence-corrected chi connectivity index (χ0v) is 11.6. The molecule has 0 saturated carbocycles. The Labute approximate surface area is 117 Å². The number of nitrogens with one attached hydrogen (secondary N) is 1. The van der Waals surface area contributed by atoms with E-state index < -0.39 is 0 Å². The summed E-state index contributed by atoms with van der Waals surface area (Å²) in [6, 6.07) is 8.26. The van der Waals surface area contributed by atoms with Crippen molar-refractivity contribution in [3.63, 3.8) is 0 Å². The van der Waals surface area contributed by atoms with Crippen molar-refractivity contribution >= 4 is 11.5 Å². The predicted octanol–water partition coefficient (Wildman–Crippen LogP) is 2.48. The summed E-state index contributed by atoms with van der Waals surface area (Å²) < 4.78 is 1.83. The zero-order chi connectivity index (χ0) is 13.9. The van der Waals surface area contributed by atoms with Gasteiger partial charge in [0.25, 0.3) is 0 Å². The van der Waals surface area contributed by atoms with Crippen LogP contribution >= 0.6 is 0 Å². The van der Waals surface area contributed by atoms with E-state index in [1.165, 1.54) is 5.56 Å². The van der Waals surface area contributed by atoms with Crippen LogP contribution in [0.4, 0.5) is 5.82 Å². The molecule has 1 N–H and O–H groups in total. The summed E-state index contributed by atoms with van der Waals surface area (Å²) in [4.78, 5) is 8.58. The van der Waals surface area contributed by atoms with Crippen LogP contribution in [-0.2, 0) is 6.42 Å². The summed E-state index contributed by atoms with van der Waals surface area (Å²) in [6.07, 6.45) is 6.37. The minimum atomic E-state index is 0.286. The number of hydrogen-bond donors (Lipinski definition) is 1. The maximum Gasteiger partial charge on any atom is 0.157 e. The average molecular weight is 267 g/mol. The van der Waals surface area contributed by atoms with Crippen molar-refractivity contribution in [1.82, 2.24) is 19.6 Å².